The Hall–Kier alpha value is -1.46. The number of phenolic OH excluding ortho intramolecular Hbond substituents is 1. The van der Waals surface area contributed by atoms with E-state index in [0.29, 0.717) is 12.1 Å². The Morgan fingerprint density at radius 1 is 1.33 bits per heavy atom. The van der Waals surface area contributed by atoms with Crippen molar-refractivity contribution < 1.29 is 14.3 Å². The van der Waals surface area contributed by atoms with E-state index in [0.717, 1.165) is 32.2 Å². The molecule has 0 spiro atoms. The van der Waals surface area contributed by atoms with Crippen LogP contribution in [0.4, 0.5) is 4.39 Å². The second kappa shape index (κ2) is 5.46. The predicted octanol–water partition coefficient (Wildman–Crippen LogP) is 0.961. The van der Waals surface area contributed by atoms with Crippen LogP contribution in [0.15, 0.2) is 18.2 Å². The number of phenols is 1. The molecule has 1 aliphatic rings. The fourth-order valence-corrected chi connectivity index (χ4v) is 1.98. The predicted molar refractivity (Wildman–Crippen MR) is 66.3 cm³/mol. The molecule has 1 heterocycles. The number of ketones is 1. The first-order valence-electron chi connectivity index (χ1n) is 5.99. The Kier molecular flexibility index (Phi) is 3.93. The van der Waals surface area contributed by atoms with E-state index in [4.69, 9.17) is 5.11 Å². The molecule has 0 atom stereocenters. The molecule has 0 aromatic heterocycles. The van der Waals surface area contributed by atoms with Crippen LogP contribution in [0.2, 0.25) is 0 Å². The Morgan fingerprint density at radius 3 is 2.61 bits per heavy atom. The Balaban J connectivity index is 1.97. The molecule has 2 rings (SSSR count). The van der Waals surface area contributed by atoms with Crippen molar-refractivity contribution in [3.8, 4) is 5.75 Å². The molecule has 1 saturated heterocycles. The summed E-state index contributed by atoms with van der Waals surface area (Å²) in [4.78, 5) is 16.2. The molecule has 0 saturated carbocycles. The summed E-state index contributed by atoms with van der Waals surface area (Å²) in [6, 6.07) is 3.76. The van der Waals surface area contributed by atoms with Gasteiger partial charge in [0, 0.05) is 31.7 Å². The maximum absolute atomic E-state index is 13.1. The summed E-state index contributed by atoms with van der Waals surface area (Å²) < 4.78 is 13.1. The van der Waals surface area contributed by atoms with E-state index in [9.17, 15) is 9.18 Å². The first kappa shape index (κ1) is 13.0. The maximum Gasteiger partial charge on any atom is 0.176 e. The quantitative estimate of drug-likeness (QED) is 0.814. The zero-order valence-electron chi connectivity index (χ0n) is 10.4. The van der Waals surface area contributed by atoms with Crippen molar-refractivity contribution in [2.75, 3.05) is 39.8 Å². The standard InChI is InChI=1S/C13H17FN2O2/c1-15-4-6-16(7-5-15)9-13(18)10-2-3-12(17)11(14)8-10/h2-3,8,17H,4-7,9H2,1H3. The highest BCUT2D eigenvalue weighted by Gasteiger charge is 2.18. The van der Waals surface area contributed by atoms with Crippen LogP contribution in [-0.2, 0) is 0 Å². The molecule has 0 aliphatic carbocycles. The molecule has 1 aromatic carbocycles. The molecule has 1 aliphatic heterocycles. The second-order valence-corrected chi connectivity index (χ2v) is 4.67. The minimum absolute atomic E-state index is 0.113. The smallest absolute Gasteiger partial charge is 0.176 e. The zero-order chi connectivity index (χ0) is 13.1. The van der Waals surface area contributed by atoms with Crippen LogP contribution in [-0.4, -0.2) is 60.5 Å². The van der Waals surface area contributed by atoms with Crippen LogP contribution in [0, 0.1) is 5.82 Å². The van der Waals surface area contributed by atoms with Gasteiger partial charge in [0.05, 0.1) is 6.54 Å². The number of carbonyl (C=O) groups excluding carboxylic acids is 1. The van der Waals surface area contributed by atoms with E-state index in [-0.39, 0.29) is 5.78 Å². The number of aromatic hydroxyl groups is 1. The Labute approximate surface area is 106 Å². The number of halogens is 1. The highest BCUT2D eigenvalue weighted by Crippen LogP contribution is 2.16. The lowest BCUT2D eigenvalue weighted by Crippen LogP contribution is -2.46. The topological polar surface area (TPSA) is 43.8 Å². The normalized spacial score (nSPS) is 17.9. The van der Waals surface area contributed by atoms with Gasteiger partial charge in [-0.25, -0.2) is 4.39 Å². The van der Waals surface area contributed by atoms with Gasteiger partial charge in [0.15, 0.2) is 17.3 Å². The average molecular weight is 252 g/mol. The van der Waals surface area contributed by atoms with Gasteiger partial charge in [-0.05, 0) is 25.2 Å². The van der Waals surface area contributed by atoms with Crippen molar-refractivity contribution in [1.82, 2.24) is 9.80 Å². The number of benzene rings is 1. The van der Waals surface area contributed by atoms with Crippen LogP contribution in [0.3, 0.4) is 0 Å². The lowest BCUT2D eigenvalue weighted by atomic mass is 10.1. The summed E-state index contributed by atoms with van der Waals surface area (Å²) >= 11 is 0. The fourth-order valence-electron chi connectivity index (χ4n) is 1.98. The number of hydrogen-bond acceptors (Lipinski definition) is 4. The molecule has 5 heteroatoms. The molecule has 4 nitrogen and oxygen atoms in total. The third kappa shape index (κ3) is 3.05. The van der Waals surface area contributed by atoms with E-state index < -0.39 is 11.6 Å². The van der Waals surface area contributed by atoms with Gasteiger partial charge in [-0.1, -0.05) is 0 Å². The first-order valence-corrected chi connectivity index (χ1v) is 5.99. The third-order valence-electron chi connectivity index (χ3n) is 3.23. The SMILES string of the molecule is CN1CCN(CC(=O)c2ccc(O)c(F)c2)CC1. The number of rotatable bonds is 3. The fraction of sp³-hybridized carbons (Fsp3) is 0.462. The molecule has 18 heavy (non-hydrogen) atoms. The van der Waals surface area contributed by atoms with Gasteiger partial charge in [0.2, 0.25) is 0 Å². The lowest BCUT2D eigenvalue weighted by Gasteiger charge is -2.31. The highest BCUT2D eigenvalue weighted by molar-refractivity contribution is 5.97. The number of carbonyl (C=O) groups is 1. The molecular weight excluding hydrogens is 235 g/mol. The monoisotopic (exact) mass is 252 g/mol. The van der Waals surface area contributed by atoms with Crippen molar-refractivity contribution >= 4 is 5.78 Å². The highest BCUT2D eigenvalue weighted by atomic mass is 19.1. The van der Waals surface area contributed by atoms with Gasteiger partial charge >= 0.3 is 0 Å². The number of likely N-dealkylation sites (N-methyl/N-ethyl adjacent to an activating group) is 1. The van der Waals surface area contributed by atoms with Gasteiger partial charge in [-0.2, -0.15) is 0 Å². The van der Waals surface area contributed by atoms with E-state index in [1.54, 1.807) is 0 Å². The van der Waals surface area contributed by atoms with E-state index in [2.05, 4.69) is 16.8 Å². The molecule has 0 amide bonds. The summed E-state index contributed by atoms with van der Waals surface area (Å²) in [7, 11) is 2.05. The Morgan fingerprint density at radius 2 is 2.00 bits per heavy atom. The molecule has 0 radical (unpaired) electrons. The van der Waals surface area contributed by atoms with E-state index >= 15 is 0 Å². The van der Waals surface area contributed by atoms with Crippen molar-refractivity contribution in [2.45, 2.75) is 0 Å². The maximum atomic E-state index is 13.1. The number of Topliss-reactive ketones (excluding diaryl/α,β-unsaturated/α-hetero) is 1. The molecule has 1 N–H and O–H groups in total. The van der Waals surface area contributed by atoms with Crippen molar-refractivity contribution in [3.05, 3.63) is 29.6 Å². The minimum Gasteiger partial charge on any atom is -0.505 e. The molecule has 1 fully saturated rings. The van der Waals surface area contributed by atoms with Crippen LogP contribution >= 0.6 is 0 Å². The molecule has 98 valence electrons. The van der Waals surface area contributed by atoms with E-state index in [1.165, 1.54) is 12.1 Å². The minimum atomic E-state index is -0.751. The molecule has 0 bridgehead atoms. The van der Waals surface area contributed by atoms with Crippen LogP contribution in [0.1, 0.15) is 10.4 Å². The summed E-state index contributed by atoms with van der Waals surface area (Å²) in [5.41, 5.74) is 0.309. The largest absolute Gasteiger partial charge is 0.505 e. The average Bonchev–Trinajstić information content (AvgIpc) is 2.35. The summed E-state index contributed by atoms with van der Waals surface area (Å²) in [5, 5.41) is 9.07. The van der Waals surface area contributed by atoms with Crippen LogP contribution in [0.25, 0.3) is 0 Å². The van der Waals surface area contributed by atoms with Gasteiger partial charge in [0.25, 0.3) is 0 Å². The van der Waals surface area contributed by atoms with Gasteiger partial charge < -0.3 is 10.0 Å². The van der Waals surface area contributed by atoms with E-state index in [1.807, 2.05) is 0 Å². The van der Waals surface area contributed by atoms with Crippen LogP contribution < -0.4 is 0 Å². The molecule has 0 unspecified atom stereocenters. The van der Waals surface area contributed by atoms with Crippen molar-refractivity contribution in [2.24, 2.45) is 0 Å². The van der Waals surface area contributed by atoms with Gasteiger partial charge in [-0.3, -0.25) is 9.69 Å². The van der Waals surface area contributed by atoms with Crippen LogP contribution in [0.5, 0.6) is 5.75 Å². The molecular formula is C13H17FN2O2. The van der Waals surface area contributed by atoms with Gasteiger partial charge in [0.1, 0.15) is 0 Å². The van der Waals surface area contributed by atoms with Crippen molar-refractivity contribution in [1.29, 1.82) is 0 Å². The first-order chi connectivity index (χ1) is 8.56. The third-order valence-corrected chi connectivity index (χ3v) is 3.23. The molecule has 1 aromatic rings. The summed E-state index contributed by atoms with van der Waals surface area (Å²) in [6.07, 6.45) is 0. The number of nitrogens with zero attached hydrogens (tertiary/aromatic N) is 2. The number of piperazine rings is 1. The Bertz CT molecular complexity index is 443. The number of hydrogen-bond donors (Lipinski definition) is 1. The summed E-state index contributed by atoms with van der Waals surface area (Å²) in [5.74, 6) is -1.29. The lowest BCUT2D eigenvalue weighted by molar-refractivity contribution is 0.0876. The second-order valence-electron chi connectivity index (χ2n) is 4.67. The van der Waals surface area contributed by atoms with Crippen molar-refractivity contribution in [3.63, 3.8) is 0 Å². The van der Waals surface area contributed by atoms with Gasteiger partial charge in [-0.15, -0.1) is 0 Å². The zero-order valence-corrected chi connectivity index (χ0v) is 10.4. The summed E-state index contributed by atoms with van der Waals surface area (Å²) in [6.45, 7) is 3.89.